The number of benzene rings is 2. The molecule has 2 aromatic rings. The maximum atomic E-state index is 12.1. The maximum Gasteiger partial charge on any atom is 0.326 e. The first-order valence-corrected chi connectivity index (χ1v) is 7.97. The number of nitrogens with one attached hydrogen (secondary N) is 1. The van der Waals surface area contributed by atoms with E-state index in [4.69, 9.17) is 10.5 Å². The van der Waals surface area contributed by atoms with E-state index >= 15 is 0 Å². The standard InChI is InChI=1S/C19H22N2O4/c1-25-16-9-4-13(5-10-16)6-11-18(22)21-17(19(23)24)12-14-2-7-15(20)8-3-14/h2-5,7-10,17H,6,11-12,20H2,1H3,(H,21,22)(H,23,24)/t17-/m0/s1. The Morgan fingerprint density at radius 3 is 2.24 bits per heavy atom. The minimum atomic E-state index is -1.06. The van der Waals surface area contributed by atoms with Crippen LogP contribution in [0.3, 0.4) is 0 Å². The van der Waals surface area contributed by atoms with Gasteiger partial charge in [-0.2, -0.15) is 0 Å². The van der Waals surface area contributed by atoms with Gasteiger partial charge in [-0.25, -0.2) is 4.79 Å². The number of carboxylic acid groups (broad SMARTS) is 1. The summed E-state index contributed by atoms with van der Waals surface area (Å²) in [7, 11) is 1.59. The first-order chi connectivity index (χ1) is 12.0. The van der Waals surface area contributed by atoms with Gasteiger partial charge in [-0.05, 0) is 41.8 Å². The molecule has 6 nitrogen and oxygen atoms in total. The Kier molecular flexibility index (Phi) is 6.39. The Labute approximate surface area is 146 Å². The van der Waals surface area contributed by atoms with Crippen LogP contribution >= 0.6 is 0 Å². The Hall–Kier alpha value is -3.02. The molecule has 0 fully saturated rings. The van der Waals surface area contributed by atoms with Gasteiger partial charge in [-0.15, -0.1) is 0 Å². The lowest BCUT2D eigenvalue weighted by Gasteiger charge is -2.15. The zero-order valence-electron chi connectivity index (χ0n) is 14.1. The molecule has 1 amide bonds. The molecule has 1 atom stereocenters. The quantitative estimate of drug-likeness (QED) is 0.637. The monoisotopic (exact) mass is 342 g/mol. The normalized spacial score (nSPS) is 11.6. The Morgan fingerprint density at radius 2 is 1.68 bits per heavy atom. The molecule has 0 saturated heterocycles. The Morgan fingerprint density at radius 1 is 1.08 bits per heavy atom. The van der Waals surface area contributed by atoms with Crippen LogP contribution in [0.1, 0.15) is 17.5 Å². The summed E-state index contributed by atoms with van der Waals surface area (Å²) < 4.78 is 5.09. The first-order valence-electron chi connectivity index (χ1n) is 7.97. The predicted octanol–water partition coefficient (Wildman–Crippen LogP) is 2.02. The van der Waals surface area contributed by atoms with E-state index in [1.54, 1.807) is 31.4 Å². The lowest BCUT2D eigenvalue weighted by molar-refractivity contribution is -0.141. The molecule has 0 aromatic heterocycles. The molecule has 2 aromatic carbocycles. The van der Waals surface area contributed by atoms with Crippen LogP contribution in [0.15, 0.2) is 48.5 Å². The molecule has 25 heavy (non-hydrogen) atoms. The second kappa shape index (κ2) is 8.73. The van der Waals surface area contributed by atoms with Crippen molar-refractivity contribution in [1.82, 2.24) is 5.32 Å². The number of aryl methyl sites for hydroxylation is 1. The van der Waals surface area contributed by atoms with E-state index in [9.17, 15) is 14.7 Å². The van der Waals surface area contributed by atoms with Crippen LogP contribution in [0, 0.1) is 0 Å². The van der Waals surface area contributed by atoms with E-state index in [2.05, 4.69) is 5.32 Å². The number of aliphatic carboxylic acids is 1. The zero-order valence-corrected chi connectivity index (χ0v) is 14.1. The molecular formula is C19H22N2O4. The minimum absolute atomic E-state index is 0.212. The number of hydrogen-bond donors (Lipinski definition) is 3. The highest BCUT2D eigenvalue weighted by Crippen LogP contribution is 2.13. The lowest BCUT2D eigenvalue weighted by atomic mass is 10.0. The summed E-state index contributed by atoms with van der Waals surface area (Å²) in [5, 5.41) is 11.9. The van der Waals surface area contributed by atoms with Crippen molar-refractivity contribution in [3.05, 3.63) is 59.7 Å². The molecule has 132 valence electrons. The van der Waals surface area contributed by atoms with Gasteiger partial charge in [0.05, 0.1) is 7.11 Å². The van der Waals surface area contributed by atoms with Crippen molar-refractivity contribution in [3.63, 3.8) is 0 Å². The van der Waals surface area contributed by atoms with E-state index in [0.29, 0.717) is 12.1 Å². The highest BCUT2D eigenvalue weighted by molar-refractivity contribution is 5.83. The summed E-state index contributed by atoms with van der Waals surface area (Å²) in [6, 6.07) is 13.4. The second-order valence-corrected chi connectivity index (χ2v) is 5.75. The van der Waals surface area contributed by atoms with Gasteiger partial charge in [0.2, 0.25) is 5.91 Å². The number of ether oxygens (including phenoxy) is 1. The molecule has 0 aliphatic carbocycles. The third-order valence-corrected chi connectivity index (χ3v) is 3.85. The van der Waals surface area contributed by atoms with Crippen molar-refractivity contribution in [2.75, 3.05) is 12.8 Å². The van der Waals surface area contributed by atoms with E-state index < -0.39 is 12.0 Å². The van der Waals surface area contributed by atoms with Crippen molar-refractivity contribution >= 4 is 17.6 Å². The molecule has 0 bridgehead atoms. The van der Waals surface area contributed by atoms with E-state index in [1.165, 1.54) is 0 Å². The van der Waals surface area contributed by atoms with Crippen LogP contribution < -0.4 is 15.8 Å². The SMILES string of the molecule is COc1ccc(CCC(=O)N[C@@H](Cc2ccc(N)cc2)C(=O)O)cc1. The fourth-order valence-electron chi connectivity index (χ4n) is 2.41. The molecule has 0 radical (unpaired) electrons. The van der Waals surface area contributed by atoms with Gasteiger partial charge < -0.3 is 20.9 Å². The number of amides is 1. The van der Waals surface area contributed by atoms with Gasteiger partial charge in [0.25, 0.3) is 0 Å². The van der Waals surface area contributed by atoms with Gasteiger partial charge >= 0.3 is 5.97 Å². The Balaban J connectivity index is 1.88. The summed E-state index contributed by atoms with van der Waals surface area (Å²) in [4.78, 5) is 23.5. The molecule has 0 aliphatic rings. The van der Waals surface area contributed by atoms with E-state index in [1.807, 2.05) is 24.3 Å². The number of carbonyl (C=O) groups excluding carboxylic acids is 1. The van der Waals surface area contributed by atoms with Crippen molar-refractivity contribution in [1.29, 1.82) is 0 Å². The zero-order chi connectivity index (χ0) is 18.2. The molecule has 0 unspecified atom stereocenters. The average Bonchev–Trinajstić information content (AvgIpc) is 2.61. The molecule has 0 saturated carbocycles. The van der Waals surface area contributed by atoms with Crippen molar-refractivity contribution < 1.29 is 19.4 Å². The average molecular weight is 342 g/mol. The number of carbonyl (C=O) groups is 2. The summed E-state index contributed by atoms with van der Waals surface area (Å²) in [6.45, 7) is 0. The van der Waals surface area contributed by atoms with Gasteiger partial charge in [0, 0.05) is 18.5 Å². The second-order valence-electron chi connectivity index (χ2n) is 5.75. The van der Waals surface area contributed by atoms with Crippen LogP contribution in [0.2, 0.25) is 0 Å². The third-order valence-electron chi connectivity index (χ3n) is 3.85. The summed E-state index contributed by atoms with van der Waals surface area (Å²) in [6.07, 6.45) is 0.964. The molecule has 0 spiro atoms. The highest BCUT2D eigenvalue weighted by Gasteiger charge is 2.20. The van der Waals surface area contributed by atoms with Gasteiger partial charge in [0.1, 0.15) is 11.8 Å². The Bertz CT molecular complexity index is 711. The number of nitrogens with two attached hydrogens (primary N) is 1. The van der Waals surface area contributed by atoms with Gasteiger partial charge in [-0.3, -0.25) is 4.79 Å². The molecule has 0 heterocycles. The minimum Gasteiger partial charge on any atom is -0.497 e. The molecular weight excluding hydrogens is 320 g/mol. The molecule has 4 N–H and O–H groups in total. The fraction of sp³-hybridized carbons (Fsp3) is 0.263. The van der Waals surface area contributed by atoms with Crippen LogP contribution in [0.5, 0.6) is 5.75 Å². The fourth-order valence-corrected chi connectivity index (χ4v) is 2.41. The number of nitrogen functional groups attached to an aromatic ring is 1. The lowest BCUT2D eigenvalue weighted by Crippen LogP contribution is -2.42. The number of carboxylic acids is 1. The first kappa shape index (κ1) is 18.3. The van der Waals surface area contributed by atoms with Gasteiger partial charge in [0.15, 0.2) is 0 Å². The number of anilines is 1. The topological polar surface area (TPSA) is 102 Å². The molecule has 2 rings (SSSR count). The summed E-state index contributed by atoms with van der Waals surface area (Å²) in [5.74, 6) is -0.601. The van der Waals surface area contributed by atoms with Gasteiger partial charge in [-0.1, -0.05) is 24.3 Å². The van der Waals surface area contributed by atoms with Crippen LogP contribution in [0.25, 0.3) is 0 Å². The van der Waals surface area contributed by atoms with Crippen molar-refractivity contribution in [2.24, 2.45) is 0 Å². The number of rotatable bonds is 8. The largest absolute Gasteiger partial charge is 0.497 e. The molecule has 0 aliphatic heterocycles. The van der Waals surface area contributed by atoms with Crippen LogP contribution in [-0.4, -0.2) is 30.1 Å². The van der Waals surface area contributed by atoms with Crippen LogP contribution in [-0.2, 0) is 22.4 Å². The number of methoxy groups -OCH3 is 1. The maximum absolute atomic E-state index is 12.1. The smallest absolute Gasteiger partial charge is 0.326 e. The van der Waals surface area contributed by atoms with Crippen LogP contribution in [0.4, 0.5) is 5.69 Å². The van der Waals surface area contributed by atoms with Crippen molar-refractivity contribution in [2.45, 2.75) is 25.3 Å². The number of hydrogen-bond acceptors (Lipinski definition) is 4. The molecule has 6 heteroatoms. The third kappa shape index (κ3) is 5.84. The predicted molar refractivity (Wildman–Crippen MR) is 95.4 cm³/mol. The van der Waals surface area contributed by atoms with Crippen molar-refractivity contribution in [3.8, 4) is 5.75 Å². The summed E-state index contributed by atoms with van der Waals surface area (Å²) in [5.41, 5.74) is 8.02. The highest BCUT2D eigenvalue weighted by atomic mass is 16.5. The van der Waals surface area contributed by atoms with E-state index in [0.717, 1.165) is 16.9 Å². The van der Waals surface area contributed by atoms with E-state index in [-0.39, 0.29) is 18.7 Å². The summed E-state index contributed by atoms with van der Waals surface area (Å²) >= 11 is 0.